The van der Waals surface area contributed by atoms with Gasteiger partial charge in [0.15, 0.2) is 0 Å². The van der Waals surface area contributed by atoms with E-state index in [4.69, 9.17) is 19.2 Å². The van der Waals surface area contributed by atoms with E-state index >= 15 is 0 Å². The zero-order chi connectivity index (χ0) is 20.1. The van der Waals surface area contributed by atoms with E-state index in [0.29, 0.717) is 6.54 Å². The number of methoxy groups -OCH3 is 2. The molecule has 0 aliphatic carbocycles. The molecule has 1 aromatic heterocycles. The molecule has 2 aromatic carbocycles. The molecule has 7 nitrogen and oxygen atoms in total. The lowest BCUT2D eigenvalue weighted by Gasteiger charge is -2.27. The maximum atomic E-state index is 5.53. The number of nitrogens with zero attached hydrogens (tertiary/aromatic N) is 3. The summed E-state index contributed by atoms with van der Waals surface area (Å²) in [6.45, 7) is 6.07. The van der Waals surface area contributed by atoms with Crippen molar-refractivity contribution in [3.63, 3.8) is 0 Å². The number of imidazole rings is 1. The van der Waals surface area contributed by atoms with Gasteiger partial charge in [0.05, 0.1) is 38.5 Å². The number of fused-ring (bicyclic) bond motifs is 1. The van der Waals surface area contributed by atoms with Crippen LogP contribution in [0, 0.1) is 0 Å². The molecule has 29 heavy (non-hydrogen) atoms. The molecule has 1 aliphatic heterocycles. The highest BCUT2D eigenvalue weighted by atomic mass is 16.5. The van der Waals surface area contributed by atoms with Gasteiger partial charge < -0.3 is 24.1 Å². The molecule has 0 amide bonds. The molecule has 0 bridgehead atoms. The lowest BCUT2D eigenvalue weighted by molar-refractivity contribution is 0.0366. The number of para-hydroxylation sites is 2. The van der Waals surface area contributed by atoms with Crippen molar-refractivity contribution in [2.75, 3.05) is 52.4 Å². The summed E-state index contributed by atoms with van der Waals surface area (Å²) in [6, 6.07) is 14.1. The molecule has 1 fully saturated rings. The summed E-state index contributed by atoms with van der Waals surface area (Å²) in [7, 11) is 3.33. The molecule has 1 aliphatic rings. The molecule has 2 heterocycles. The summed E-state index contributed by atoms with van der Waals surface area (Å²) < 4.78 is 18.5. The van der Waals surface area contributed by atoms with Gasteiger partial charge in [-0.05, 0) is 24.3 Å². The first-order valence-corrected chi connectivity index (χ1v) is 9.98. The highest BCUT2D eigenvalue weighted by Crippen LogP contribution is 2.26. The third-order valence-corrected chi connectivity index (χ3v) is 5.33. The second kappa shape index (κ2) is 9.15. The first-order valence-electron chi connectivity index (χ1n) is 9.98. The fourth-order valence-corrected chi connectivity index (χ4v) is 3.68. The number of anilines is 1. The SMILES string of the molecule is COc1ccc(CNc2nc3ccccc3n2CCN2CCOCC2)c(OC)c1. The Balaban J connectivity index is 1.53. The van der Waals surface area contributed by atoms with Crippen LogP contribution in [0.3, 0.4) is 0 Å². The van der Waals surface area contributed by atoms with Crippen molar-refractivity contribution < 1.29 is 14.2 Å². The smallest absolute Gasteiger partial charge is 0.204 e. The Hall–Kier alpha value is -2.77. The second-order valence-electron chi connectivity index (χ2n) is 7.06. The average Bonchev–Trinajstić information content (AvgIpc) is 3.14. The molecule has 0 atom stereocenters. The Labute approximate surface area is 171 Å². The van der Waals surface area contributed by atoms with Gasteiger partial charge in [0, 0.05) is 44.4 Å². The predicted molar refractivity (Wildman–Crippen MR) is 114 cm³/mol. The molecule has 1 N–H and O–H groups in total. The molecule has 154 valence electrons. The van der Waals surface area contributed by atoms with Gasteiger partial charge in [-0.1, -0.05) is 12.1 Å². The number of aromatic nitrogens is 2. The van der Waals surface area contributed by atoms with Crippen molar-refractivity contribution in [1.82, 2.24) is 14.5 Å². The lowest BCUT2D eigenvalue weighted by atomic mass is 10.2. The van der Waals surface area contributed by atoms with E-state index in [1.54, 1.807) is 14.2 Å². The van der Waals surface area contributed by atoms with Crippen LogP contribution in [0.5, 0.6) is 11.5 Å². The van der Waals surface area contributed by atoms with Gasteiger partial charge in [0.1, 0.15) is 11.5 Å². The van der Waals surface area contributed by atoms with E-state index < -0.39 is 0 Å². The Kier molecular flexibility index (Phi) is 6.17. The zero-order valence-electron chi connectivity index (χ0n) is 17.1. The molecule has 0 spiro atoms. The van der Waals surface area contributed by atoms with Gasteiger partial charge in [0.25, 0.3) is 0 Å². The van der Waals surface area contributed by atoms with Crippen LogP contribution in [-0.4, -0.2) is 61.5 Å². The van der Waals surface area contributed by atoms with Gasteiger partial charge in [-0.15, -0.1) is 0 Å². The Morgan fingerprint density at radius 3 is 2.66 bits per heavy atom. The number of hydrogen-bond donors (Lipinski definition) is 1. The Morgan fingerprint density at radius 1 is 1.03 bits per heavy atom. The van der Waals surface area contributed by atoms with Crippen molar-refractivity contribution in [2.24, 2.45) is 0 Å². The van der Waals surface area contributed by atoms with Crippen molar-refractivity contribution in [1.29, 1.82) is 0 Å². The molecular formula is C22H28N4O3. The van der Waals surface area contributed by atoms with Crippen LogP contribution in [0.4, 0.5) is 5.95 Å². The largest absolute Gasteiger partial charge is 0.497 e. The maximum Gasteiger partial charge on any atom is 0.204 e. The Bertz CT molecular complexity index is 950. The van der Waals surface area contributed by atoms with Crippen molar-refractivity contribution in [3.05, 3.63) is 48.0 Å². The normalized spacial score (nSPS) is 14.8. The van der Waals surface area contributed by atoms with Crippen molar-refractivity contribution in [3.8, 4) is 11.5 Å². The zero-order valence-corrected chi connectivity index (χ0v) is 17.1. The van der Waals surface area contributed by atoms with Crippen molar-refractivity contribution in [2.45, 2.75) is 13.1 Å². The van der Waals surface area contributed by atoms with E-state index in [1.807, 2.05) is 24.3 Å². The summed E-state index contributed by atoms with van der Waals surface area (Å²) in [5.74, 6) is 2.45. The maximum absolute atomic E-state index is 5.53. The first-order chi connectivity index (χ1) is 14.3. The van der Waals surface area contributed by atoms with Crippen LogP contribution in [-0.2, 0) is 17.8 Å². The van der Waals surface area contributed by atoms with Gasteiger partial charge in [-0.2, -0.15) is 0 Å². The quantitative estimate of drug-likeness (QED) is 0.632. The van der Waals surface area contributed by atoms with Gasteiger partial charge in [-0.3, -0.25) is 4.90 Å². The predicted octanol–water partition coefficient (Wildman–Crippen LogP) is 3.00. The molecule has 4 rings (SSSR count). The molecule has 1 saturated heterocycles. The number of morpholine rings is 1. The highest BCUT2D eigenvalue weighted by Gasteiger charge is 2.15. The van der Waals surface area contributed by atoms with E-state index in [-0.39, 0.29) is 0 Å². The lowest BCUT2D eigenvalue weighted by Crippen LogP contribution is -2.38. The van der Waals surface area contributed by atoms with E-state index in [0.717, 1.165) is 73.4 Å². The molecule has 0 saturated carbocycles. The van der Waals surface area contributed by atoms with E-state index in [1.165, 1.54) is 0 Å². The number of benzene rings is 2. The molecule has 7 heteroatoms. The topological polar surface area (TPSA) is 60.8 Å². The van der Waals surface area contributed by atoms with Gasteiger partial charge >= 0.3 is 0 Å². The van der Waals surface area contributed by atoms with Crippen LogP contribution >= 0.6 is 0 Å². The molecular weight excluding hydrogens is 368 g/mol. The third-order valence-electron chi connectivity index (χ3n) is 5.33. The Morgan fingerprint density at radius 2 is 1.86 bits per heavy atom. The van der Waals surface area contributed by atoms with Gasteiger partial charge in [-0.25, -0.2) is 4.98 Å². The fraction of sp³-hybridized carbons (Fsp3) is 0.409. The minimum atomic E-state index is 0.619. The number of rotatable bonds is 8. The molecule has 0 radical (unpaired) electrons. The van der Waals surface area contributed by atoms with Crippen LogP contribution < -0.4 is 14.8 Å². The monoisotopic (exact) mass is 396 g/mol. The number of hydrogen-bond acceptors (Lipinski definition) is 6. The number of ether oxygens (including phenoxy) is 3. The van der Waals surface area contributed by atoms with Crippen LogP contribution in [0.1, 0.15) is 5.56 Å². The standard InChI is InChI=1S/C22H28N4O3/c1-27-18-8-7-17(21(15-18)28-2)16-23-22-24-19-5-3-4-6-20(19)26(22)10-9-25-11-13-29-14-12-25/h3-8,15H,9-14,16H2,1-2H3,(H,23,24). The first kappa shape index (κ1) is 19.5. The highest BCUT2D eigenvalue weighted by molar-refractivity contribution is 5.78. The molecule has 0 unspecified atom stereocenters. The summed E-state index contributed by atoms with van der Waals surface area (Å²) in [5.41, 5.74) is 3.20. The van der Waals surface area contributed by atoms with Crippen LogP contribution in [0.15, 0.2) is 42.5 Å². The van der Waals surface area contributed by atoms with Crippen molar-refractivity contribution >= 4 is 17.0 Å². The van der Waals surface area contributed by atoms with Crippen LogP contribution in [0.2, 0.25) is 0 Å². The minimum absolute atomic E-state index is 0.619. The summed E-state index contributed by atoms with van der Waals surface area (Å²) in [6.07, 6.45) is 0. The number of nitrogens with one attached hydrogen (secondary N) is 1. The molecule has 3 aromatic rings. The second-order valence-corrected chi connectivity index (χ2v) is 7.06. The average molecular weight is 396 g/mol. The summed E-state index contributed by atoms with van der Waals surface area (Å²) >= 11 is 0. The summed E-state index contributed by atoms with van der Waals surface area (Å²) in [5, 5.41) is 3.51. The van der Waals surface area contributed by atoms with E-state index in [9.17, 15) is 0 Å². The van der Waals surface area contributed by atoms with E-state index in [2.05, 4.69) is 33.0 Å². The third kappa shape index (κ3) is 4.46. The van der Waals surface area contributed by atoms with Crippen LogP contribution in [0.25, 0.3) is 11.0 Å². The minimum Gasteiger partial charge on any atom is -0.497 e. The van der Waals surface area contributed by atoms with Gasteiger partial charge in [0.2, 0.25) is 5.95 Å². The fourth-order valence-electron chi connectivity index (χ4n) is 3.68. The summed E-state index contributed by atoms with van der Waals surface area (Å²) in [4.78, 5) is 7.26.